The molecule has 0 aliphatic carbocycles. The van der Waals surface area contributed by atoms with Crippen LogP contribution in [0, 0.1) is 21.8 Å². The lowest BCUT2D eigenvalue weighted by molar-refractivity contribution is -0.385. The fourth-order valence-electron chi connectivity index (χ4n) is 4.27. The first kappa shape index (κ1) is 20.6. The molecule has 0 radical (unpaired) electrons. The summed E-state index contributed by atoms with van der Waals surface area (Å²) < 4.78 is 13.4. The van der Waals surface area contributed by atoms with E-state index in [1.54, 1.807) is 30.3 Å². The monoisotopic (exact) mass is 449 g/mol. The molecule has 0 bridgehead atoms. The Morgan fingerprint density at radius 2 is 1.64 bits per heavy atom. The fourth-order valence-corrected chi connectivity index (χ4v) is 4.27. The first-order valence-corrected chi connectivity index (χ1v) is 9.98. The quantitative estimate of drug-likeness (QED) is 0.369. The van der Waals surface area contributed by atoms with E-state index in [0.29, 0.717) is 5.69 Å². The molecule has 0 spiro atoms. The molecule has 2 heterocycles. The van der Waals surface area contributed by atoms with Crippen LogP contribution >= 0.6 is 0 Å². The van der Waals surface area contributed by atoms with Gasteiger partial charge in [0.15, 0.2) is 6.10 Å². The van der Waals surface area contributed by atoms with Crippen molar-refractivity contribution in [2.24, 2.45) is 5.92 Å². The summed E-state index contributed by atoms with van der Waals surface area (Å²) in [5.41, 5.74) is 0.462. The van der Waals surface area contributed by atoms with E-state index in [9.17, 15) is 29.2 Å². The highest BCUT2D eigenvalue weighted by Crippen LogP contribution is 2.49. The first-order chi connectivity index (χ1) is 15.9. The number of anilines is 2. The highest BCUT2D eigenvalue weighted by atomic mass is 19.1. The van der Waals surface area contributed by atoms with Gasteiger partial charge in [0.05, 0.1) is 16.3 Å². The van der Waals surface area contributed by atoms with Crippen molar-refractivity contribution in [2.45, 2.75) is 12.1 Å². The van der Waals surface area contributed by atoms with Crippen molar-refractivity contribution in [1.82, 2.24) is 0 Å². The molecule has 2 amide bonds. The Hall–Kier alpha value is -4.31. The third-order valence-corrected chi connectivity index (χ3v) is 5.75. The summed E-state index contributed by atoms with van der Waals surface area (Å²) in [5, 5.41) is 23.3. The Kier molecular flexibility index (Phi) is 4.79. The average molecular weight is 449 g/mol. The molecular formula is C23H16FN3O6. The number of hydrogen-bond acceptors (Lipinski definition) is 7. The lowest BCUT2D eigenvalue weighted by Gasteiger charge is -2.29. The van der Waals surface area contributed by atoms with Gasteiger partial charge in [0.1, 0.15) is 23.5 Å². The summed E-state index contributed by atoms with van der Waals surface area (Å²) in [6, 6.07) is 15.9. The molecule has 2 aliphatic rings. The second-order valence-corrected chi connectivity index (χ2v) is 7.65. The van der Waals surface area contributed by atoms with E-state index < -0.39 is 40.6 Å². The molecule has 0 saturated carbocycles. The Labute approximate surface area is 186 Å². The molecule has 2 fully saturated rings. The number of rotatable bonds is 4. The van der Waals surface area contributed by atoms with Gasteiger partial charge in [-0.3, -0.25) is 24.5 Å². The van der Waals surface area contributed by atoms with E-state index in [0.717, 1.165) is 23.1 Å². The molecule has 166 valence electrons. The molecule has 9 nitrogen and oxygen atoms in total. The van der Waals surface area contributed by atoms with Gasteiger partial charge in [-0.15, -0.1) is 0 Å². The molecule has 3 aromatic rings. The van der Waals surface area contributed by atoms with Gasteiger partial charge in [0.2, 0.25) is 5.91 Å². The number of non-ortho nitro benzene ring substituents is 1. The number of amides is 2. The molecule has 5 rings (SSSR count). The zero-order valence-corrected chi connectivity index (χ0v) is 16.9. The van der Waals surface area contributed by atoms with Crippen LogP contribution in [0.3, 0.4) is 0 Å². The Bertz CT molecular complexity index is 1270. The molecule has 0 aromatic heterocycles. The highest BCUT2D eigenvalue weighted by Gasteiger charge is 2.60. The van der Waals surface area contributed by atoms with Gasteiger partial charge < -0.3 is 5.11 Å². The van der Waals surface area contributed by atoms with Crippen molar-refractivity contribution >= 4 is 28.9 Å². The molecule has 0 unspecified atom stereocenters. The summed E-state index contributed by atoms with van der Waals surface area (Å²) in [5.74, 6) is -3.17. The summed E-state index contributed by atoms with van der Waals surface area (Å²) >= 11 is 0. The maximum atomic E-state index is 13.5. The van der Waals surface area contributed by atoms with E-state index in [4.69, 9.17) is 4.84 Å². The maximum Gasteiger partial charge on any atom is 0.270 e. The van der Waals surface area contributed by atoms with Crippen LogP contribution in [-0.2, 0) is 14.4 Å². The first-order valence-electron chi connectivity index (χ1n) is 9.98. The number of imide groups is 1. The second kappa shape index (κ2) is 7.68. The van der Waals surface area contributed by atoms with Gasteiger partial charge in [-0.2, -0.15) is 0 Å². The zero-order valence-electron chi connectivity index (χ0n) is 16.9. The van der Waals surface area contributed by atoms with Crippen molar-refractivity contribution in [3.05, 3.63) is 94.3 Å². The average Bonchev–Trinajstić information content (AvgIpc) is 3.31. The third kappa shape index (κ3) is 3.28. The molecule has 33 heavy (non-hydrogen) atoms. The van der Waals surface area contributed by atoms with E-state index in [-0.39, 0.29) is 22.7 Å². The van der Waals surface area contributed by atoms with Crippen molar-refractivity contribution < 1.29 is 28.8 Å². The van der Waals surface area contributed by atoms with Gasteiger partial charge in [-0.1, -0.05) is 18.2 Å². The number of hydroxylamine groups is 1. The minimum absolute atomic E-state index is 0.0719. The molecule has 1 N–H and O–H groups in total. The van der Waals surface area contributed by atoms with Crippen LogP contribution in [-0.4, -0.2) is 27.9 Å². The van der Waals surface area contributed by atoms with Crippen molar-refractivity contribution in [1.29, 1.82) is 0 Å². The van der Waals surface area contributed by atoms with Gasteiger partial charge in [0, 0.05) is 17.7 Å². The van der Waals surface area contributed by atoms with Crippen molar-refractivity contribution in [3.8, 4) is 5.75 Å². The van der Waals surface area contributed by atoms with E-state index >= 15 is 0 Å². The minimum Gasteiger partial charge on any atom is -0.508 e. The van der Waals surface area contributed by atoms with Crippen LogP contribution in [0.5, 0.6) is 5.75 Å². The number of nitrogens with zero attached hydrogens (tertiary/aromatic N) is 3. The molecule has 3 atom stereocenters. The summed E-state index contributed by atoms with van der Waals surface area (Å²) in [6.45, 7) is 0. The summed E-state index contributed by atoms with van der Waals surface area (Å²) in [7, 11) is 0. The van der Waals surface area contributed by atoms with Crippen molar-refractivity contribution in [2.75, 3.05) is 9.96 Å². The molecule has 2 aliphatic heterocycles. The van der Waals surface area contributed by atoms with E-state index in [1.807, 2.05) is 0 Å². The van der Waals surface area contributed by atoms with Gasteiger partial charge in [0.25, 0.3) is 11.6 Å². The Balaban J connectivity index is 1.63. The number of nitro benzene ring substituents is 1. The standard InChI is InChI=1S/C23H16FN3O6/c24-13-6-8-14(9-7-13)25-22(29)19-20(17-12-16(27(31)32)10-11-18(17)28)26(33-21(19)23(25)30)15-4-2-1-3-5-15/h1-12,19-21,28H/t19-,20+,21+/m1/s1. The van der Waals surface area contributed by atoms with Gasteiger partial charge in [-0.25, -0.2) is 14.4 Å². The number of aromatic hydroxyl groups is 1. The molecule has 2 saturated heterocycles. The predicted octanol–water partition coefficient (Wildman–Crippen LogP) is 3.49. The van der Waals surface area contributed by atoms with Crippen LogP contribution in [0.4, 0.5) is 21.5 Å². The van der Waals surface area contributed by atoms with E-state index in [1.165, 1.54) is 29.3 Å². The normalized spacial score (nSPS) is 22.0. The maximum absolute atomic E-state index is 13.5. The van der Waals surface area contributed by atoms with Crippen molar-refractivity contribution in [3.63, 3.8) is 0 Å². The Morgan fingerprint density at radius 3 is 2.30 bits per heavy atom. The van der Waals surface area contributed by atoms with Crippen LogP contribution in [0.2, 0.25) is 0 Å². The number of nitro groups is 1. The summed E-state index contributed by atoms with van der Waals surface area (Å²) in [4.78, 5) is 44.2. The van der Waals surface area contributed by atoms with Crippen LogP contribution in [0.1, 0.15) is 11.6 Å². The Morgan fingerprint density at radius 1 is 0.939 bits per heavy atom. The summed E-state index contributed by atoms with van der Waals surface area (Å²) in [6.07, 6.45) is -1.23. The van der Waals surface area contributed by atoms with E-state index in [2.05, 4.69) is 0 Å². The van der Waals surface area contributed by atoms with Gasteiger partial charge in [-0.05, 0) is 42.5 Å². The highest BCUT2D eigenvalue weighted by molar-refractivity contribution is 6.23. The smallest absolute Gasteiger partial charge is 0.270 e. The topological polar surface area (TPSA) is 113 Å². The molecular weight excluding hydrogens is 433 g/mol. The number of hydrogen-bond donors (Lipinski definition) is 1. The number of phenols is 1. The van der Waals surface area contributed by atoms with Gasteiger partial charge >= 0.3 is 0 Å². The number of halogens is 1. The zero-order chi connectivity index (χ0) is 23.3. The number of carbonyl (C=O) groups excluding carboxylic acids is 2. The molecule has 3 aromatic carbocycles. The number of para-hydroxylation sites is 1. The van der Waals surface area contributed by atoms with Crippen LogP contribution in [0.15, 0.2) is 72.8 Å². The molecule has 10 heteroatoms. The number of benzene rings is 3. The number of carbonyl (C=O) groups is 2. The minimum atomic E-state index is -1.23. The van der Waals surface area contributed by atoms with Crippen LogP contribution < -0.4 is 9.96 Å². The second-order valence-electron chi connectivity index (χ2n) is 7.65. The lowest BCUT2D eigenvalue weighted by atomic mass is 9.89. The SMILES string of the molecule is O=C1[C@H]2[C@H](ON(c3ccccc3)[C@H]2c2cc([N+](=O)[O-])ccc2O)C(=O)N1c1ccc(F)cc1. The number of fused-ring (bicyclic) bond motifs is 1. The predicted molar refractivity (Wildman–Crippen MR) is 114 cm³/mol. The largest absolute Gasteiger partial charge is 0.508 e. The fraction of sp³-hybridized carbons (Fsp3) is 0.130. The number of phenolic OH excluding ortho intramolecular Hbond substituents is 1. The third-order valence-electron chi connectivity index (χ3n) is 5.75. The lowest BCUT2D eigenvalue weighted by Crippen LogP contribution is -2.37. The van der Waals surface area contributed by atoms with Crippen LogP contribution in [0.25, 0.3) is 0 Å².